The number of ether oxygens (including phenoxy) is 1. The van der Waals surface area contributed by atoms with Crippen molar-refractivity contribution in [2.24, 2.45) is 0 Å². The maximum atomic E-state index is 12.3. The van der Waals surface area contributed by atoms with Crippen LogP contribution in [0.2, 0.25) is 0 Å². The van der Waals surface area contributed by atoms with Gasteiger partial charge in [0.15, 0.2) is 0 Å². The van der Waals surface area contributed by atoms with Crippen molar-refractivity contribution in [2.45, 2.75) is 13.5 Å². The SMILES string of the molecule is Cc1ccc2[nH]c(=O)c(CNc3ccc(Oc4ccccc4)cc3)cc2c1. The lowest BCUT2D eigenvalue weighted by Crippen LogP contribution is -2.15. The third-order valence-electron chi connectivity index (χ3n) is 4.39. The summed E-state index contributed by atoms with van der Waals surface area (Å²) in [4.78, 5) is 15.2. The van der Waals surface area contributed by atoms with Crippen LogP contribution in [0.3, 0.4) is 0 Å². The molecule has 0 radical (unpaired) electrons. The molecule has 0 aliphatic rings. The molecule has 1 heterocycles. The second kappa shape index (κ2) is 7.38. The average Bonchev–Trinajstić information content (AvgIpc) is 2.68. The molecule has 0 fully saturated rings. The zero-order valence-electron chi connectivity index (χ0n) is 15.0. The van der Waals surface area contributed by atoms with Gasteiger partial charge in [0.25, 0.3) is 5.56 Å². The first-order valence-corrected chi connectivity index (χ1v) is 8.87. The molecule has 4 nitrogen and oxygen atoms in total. The van der Waals surface area contributed by atoms with Crippen molar-refractivity contribution in [3.05, 3.63) is 100 Å². The van der Waals surface area contributed by atoms with Gasteiger partial charge >= 0.3 is 0 Å². The highest BCUT2D eigenvalue weighted by Gasteiger charge is 2.04. The van der Waals surface area contributed by atoms with Gasteiger partial charge < -0.3 is 15.0 Å². The topological polar surface area (TPSA) is 54.1 Å². The number of rotatable bonds is 5. The molecule has 4 aromatic rings. The molecule has 27 heavy (non-hydrogen) atoms. The highest BCUT2D eigenvalue weighted by Crippen LogP contribution is 2.23. The fraction of sp³-hybridized carbons (Fsp3) is 0.0870. The van der Waals surface area contributed by atoms with Crippen molar-refractivity contribution >= 4 is 16.6 Å². The zero-order valence-corrected chi connectivity index (χ0v) is 15.0. The molecule has 0 aliphatic heterocycles. The largest absolute Gasteiger partial charge is 0.457 e. The van der Waals surface area contributed by atoms with Crippen LogP contribution < -0.4 is 15.6 Å². The lowest BCUT2D eigenvalue weighted by Gasteiger charge is -2.09. The highest BCUT2D eigenvalue weighted by molar-refractivity contribution is 5.79. The number of para-hydroxylation sites is 1. The van der Waals surface area contributed by atoms with E-state index in [1.807, 2.05) is 79.7 Å². The van der Waals surface area contributed by atoms with E-state index in [0.29, 0.717) is 12.1 Å². The predicted octanol–water partition coefficient (Wildman–Crippen LogP) is 5.24. The van der Waals surface area contributed by atoms with E-state index >= 15 is 0 Å². The molecule has 134 valence electrons. The molecule has 0 saturated heterocycles. The molecule has 0 bridgehead atoms. The number of aromatic amines is 1. The number of aromatic nitrogens is 1. The van der Waals surface area contributed by atoms with Gasteiger partial charge in [-0.2, -0.15) is 0 Å². The van der Waals surface area contributed by atoms with Gasteiger partial charge in [0.05, 0.1) is 0 Å². The number of fused-ring (bicyclic) bond motifs is 1. The third-order valence-corrected chi connectivity index (χ3v) is 4.39. The van der Waals surface area contributed by atoms with Crippen molar-refractivity contribution < 1.29 is 4.74 Å². The Morgan fingerprint density at radius 2 is 1.63 bits per heavy atom. The molecule has 0 atom stereocenters. The number of hydrogen-bond donors (Lipinski definition) is 2. The van der Waals surface area contributed by atoms with Gasteiger partial charge in [-0.05, 0) is 66.9 Å². The lowest BCUT2D eigenvalue weighted by atomic mass is 10.1. The Bertz CT molecular complexity index is 1120. The minimum Gasteiger partial charge on any atom is -0.457 e. The smallest absolute Gasteiger partial charge is 0.253 e. The van der Waals surface area contributed by atoms with Gasteiger partial charge in [0, 0.05) is 23.3 Å². The lowest BCUT2D eigenvalue weighted by molar-refractivity contribution is 0.483. The van der Waals surface area contributed by atoms with E-state index in [9.17, 15) is 4.79 Å². The molecule has 1 aromatic heterocycles. The Morgan fingerprint density at radius 3 is 2.41 bits per heavy atom. The van der Waals surface area contributed by atoms with Crippen molar-refractivity contribution in [3.8, 4) is 11.5 Å². The van der Waals surface area contributed by atoms with Gasteiger partial charge in [0.1, 0.15) is 11.5 Å². The molecule has 0 unspecified atom stereocenters. The standard InChI is InChI=1S/C23H20N2O2/c1-16-7-12-22-17(13-16)14-18(23(26)25-22)15-24-19-8-10-21(11-9-19)27-20-5-3-2-4-6-20/h2-14,24H,15H2,1H3,(H,25,26). The number of benzene rings is 3. The Hall–Kier alpha value is -3.53. The van der Waals surface area contributed by atoms with Crippen LogP contribution in [0.4, 0.5) is 5.69 Å². The number of aryl methyl sites for hydroxylation is 1. The molecule has 0 aliphatic carbocycles. The molecule has 3 aromatic carbocycles. The first-order chi connectivity index (χ1) is 13.2. The summed E-state index contributed by atoms with van der Waals surface area (Å²) in [5.74, 6) is 1.57. The van der Waals surface area contributed by atoms with E-state index < -0.39 is 0 Å². The number of anilines is 1. The summed E-state index contributed by atoms with van der Waals surface area (Å²) >= 11 is 0. The minimum atomic E-state index is -0.0668. The summed E-state index contributed by atoms with van der Waals surface area (Å²) in [5.41, 5.74) is 3.60. The number of pyridine rings is 1. The van der Waals surface area contributed by atoms with E-state index in [1.165, 1.54) is 5.56 Å². The summed E-state index contributed by atoms with van der Waals surface area (Å²) in [6.07, 6.45) is 0. The highest BCUT2D eigenvalue weighted by atomic mass is 16.5. The van der Waals surface area contributed by atoms with E-state index in [1.54, 1.807) is 0 Å². The second-order valence-electron chi connectivity index (χ2n) is 6.51. The summed E-state index contributed by atoms with van der Waals surface area (Å²) in [5, 5.41) is 4.34. The number of hydrogen-bond acceptors (Lipinski definition) is 3. The summed E-state index contributed by atoms with van der Waals surface area (Å²) in [6, 6.07) is 25.3. The third kappa shape index (κ3) is 4.01. The summed E-state index contributed by atoms with van der Waals surface area (Å²) in [7, 11) is 0. The van der Waals surface area contributed by atoms with Crippen molar-refractivity contribution in [1.29, 1.82) is 0 Å². The number of H-pyrrole nitrogens is 1. The van der Waals surface area contributed by atoms with Crippen LogP contribution >= 0.6 is 0 Å². The molecule has 0 saturated carbocycles. The van der Waals surface area contributed by atoms with Crippen LogP contribution in [0.15, 0.2) is 83.7 Å². The fourth-order valence-corrected chi connectivity index (χ4v) is 2.97. The van der Waals surface area contributed by atoms with E-state index in [2.05, 4.69) is 16.4 Å². The van der Waals surface area contributed by atoms with Crippen molar-refractivity contribution in [2.75, 3.05) is 5.32 Å². The first-order valence-electron chi connectivity index (χ1n) is 8.87. The quantitative estimate of drug-likeness (QED) is 0.514. The Labute approximate surface area is 157 Å². The Morgan fingerprint density at radius 1 is 0.889 bits per heavy atom. The van der Waals surface area contributed by atoms with Gasteiger partial charge in [-0.1, -0.05) is 29.8 Å². The second-order valence-corrected chi connectivity index (χ2v) is 6.51. The predicted molar refractivity (Wildman–Crippen MR) is 110 cm³/mol. The molecule has 4 rings (SSSR count). The van der Waals surface area contributed by atoms with E-state index in [4.69, 9.17) is 4.74 Å². The van der Waals surface area contributed by atoms with Crippen LogP contribution in [0, 0.1) is 6.92 Å². The van der Waals surface area contributed by atoms with Crippen LogP contribution in [0.1, 0.15) is 11.1 Å². The van der Waals surface area contributed by atoms with Crippen molar-refractivity contribution in [1.82, 2.24) is 4.98 Å². The number of nitrogens with one attached hydrogen (secondary N) is 2. The van der Waals surface area contributed by atoms with Crippen molar-refractivity contribution in [3.63, 3.8) is 0 Å². The van der Waals surface area contributed by atoms with Crippen LogP contribution in [-0.2, 0) is 6.54 Å². The van der Waals surface area contributed by atoms with E-state index in [0.717, 1.165) is 28.1 Å². The first kappa shape index (κ1) is 16.9. The molecule has 0 spiro atoms. The Balaban J connectivity index is 1.46. The maximum absolute atomic E-state index is 12.3. The minimum absolute atomic E-state index is 0.0668. The Kier molecular flexibility index (Phi) is 4.62. The van der Waals surface area contributed by atoms with E-state index in [-0.39, 0.29) is 5.56 Å². The monoisotopic (exact) mass is 356 g/mol. The average molecular weight is 356 g/mol. The van der Waals surface area contributed by atoms with Gasteiger partial charge in [-0.25, -0.2) is 0 Å². The molecule has 0 amide bonds. The molecular formula is C23H20N2O2. The molecular weight excluding hydrogens is 336 g/mol. The van der Waals surface area contributed by atoms with Crippen LogP contribution in [0.25, 0.3) is 10.9 Å². The van der Waals surface area contributed by atoms with Crippen LogP contribution in [-0.4, -0.2) is 4.98 Å². The normalized spacial score (nSPS) is 10.7. The van der Waals surface area contributed by atoms with Gasteiger partial charge in [-0.15, -0.1) is 0 Å². The molecule has 2 N–H and O–H groups in total. The fourth-order valence-electron chi connectivity index (χ4n) is 2.97. The summed E-state index contributed by atoms with van der Waals surface area (Å²) < 4.78 is 5.79. The maximum Gasteiger partial charge on any atom is 0.253 e. The van der Waals surface area contributed by atoms with Crippen LogP contribution in [0.5, 0.6) is 11.5 Å². The van der Waals surface area contributed by atoms with Gasteiger partial charge in [0.2, 0.25) is 0 Å². The summed E-state index contributed by atoms with van der Waals surface area (Å²) in [6.45, 7) is 2.50. The zero-order chi connectivity index (χ0) is 18.6. The van der Waals surface area contributed by atoms with Gasteiger partial charge in [-0.3, -0.25) is 4.79 Å². The molecule has 4 heteroatoms.